The summed E-state index contributed by atoms with van der Waals surface area (Å²) in [6.07, 6.45) is 4.21. The van der Waals surface area contributed by atoms with Crippen LogP contribution in [-0.4, -0.2) is 58.2 Å². The van der Waals surface area contributed by atoms with Crippen LogP contribution in [0.25, 0.3) is 11.0 Å². The number of methoxy groups -OCH3 is 3. The maximum absolute atomic E-state index is 13.7. The number of hydrogen-bond donors (Lipinski definition) is 4. The Bertz CT molecular complexity index is 1610. The molecule has 0 atom stereocenters. The van der Waals surface area contributed by atoms with E-state index in [1.165, 1.54) is 21.3 Å². The number of hydrogen-bond acceptors (Lipinski definition) is 10. The molecule has 2 aliphatic rings. The molecule has 3 heterocycles. The summed E-state index contributed by atoms with van der Waals surface area (Å²) in [5.41, 5.74) is 3.03. The Morgan fingerprint density at radius 2 is 1.60 bits per heavy atom. The third kappa shape index (κ3) is 5.02. The number of nitrogens with zero attached hydrogens (tertiary/aromatic N) is 2. The van der Waals surface area contributed by atoms with Gasteiger partial charge >= 0.3 is 0 Å². The highest BCUT2D eigenvalue weighted by atomic mass is 32.2. The van der Waals surface area contributed by atoms with Crippen LogP contribution in [0.5, 0.6) is 17.2 Å². The first kappa shape index (κ1) is 26.3. The maximum atomic E-state index is 13.7. The third-order valence-electron chi connectivity index (χ3n) is 7.46. The van der Waals surface area contributed by atoms with E-state index < -0.39 is 10.0 Å². The number of nitrogens with one attached hydrogen (secondary N) is 4. The molecular formula is C27H32N6O6S. The summed E-state index contributed by atoms with van der Waals surface area (Å²) in [6.45, 7) is 1.81. The zero-order valence-corrected chi connectivity index (χ0v) is 23.4. The maximum Gasteiger partial charge on any atom is 0.270 e. The van der Waals surface area contributed by atoms with Gasteiger partial charge in [-0.05, 0) is 68.5 Å². The Balaban J connectivity index is 1.31. The van der Waals surface area contributed by atoms with E-state index in [9.17, 15) is 8.42 Å². The van der Waals surface area contributed by atoms with E-state index in [1.807, 2.05) is 6.07 Å². The fourth-order valence-corrected chi connectivity index (χ4v) is 6.50. The van der Waals surface area contributed by atoms with Gasteiger partial charge in [-0.25, -0.2) is 8.42 Å². The fourth-order valence-electron chi connectivity index (χ4n) is 5.18. The van der Waals surface area contributed by atoms with Crippen molar-refractivity contribution in [1.82, 2.24) is 20.7 Å². The highest BCUT2D eigenvalue weighted by Crippen LogP contribution is 2.42. The average Bonchev–Trinajstić information content (AvgIpc) is 3.61. The normalized spacial score (nSPS) is 16.2. The molecular weight excluding hydrogens is 536 g/mol. The van der Waals surface area contributed by atoms with Gasteiger partial charge in [0, 0.05) is 23.7 Å². The van der Waals surface area contributed by atoms with Gasteiger partial charge in [0.1, 0.15) is 17.2 Å². The van der Waals surface area contributed by atoms with Crippen molar-refractivity contribution in [2.24, 2.45) is 0 Å². The molecule has 13 heteroatoms. The lowest BCUT2D eigenvalue weighted by Crippen LogP contribution is -2.26. The van der Waals surface area contributed by atoms with E-state index in [0.29, 0.717) is 34.1 Å². The summed E-state index contributed by atoms with van der Waals surface area (Å²) in [4.78, 5) is -0.110. The molecule has 12 nitrogen and oxygen atoms in total. The topological polar surface area (TPSA) is 153 Å². The van der Waals surface area contributed by atoms with Gasteiger partial charge in [-0.1, -0.05) is 5.16 Å². The number of fused-ring (bicyclic) bond motifs is 1. The van der Waals surface area contributed by atoms with E-state index in [4.69, 9.17) is 18.7 Å². The van der Waals surface area contributed by atoms with Crippen molar-refractivity contribution in [2.45, 2.75) is 42.4 Å². The van der Waals surface area contributed by atoms with E-state index >= 15 is 0 Å². The van der Waals surface area contributed by atoms with Gasteiger partial charge in [-0.3, -0.25) is 9.82 Å². The summed E-state index contributed by atoms with van der Waals surface area (Å²) < 4.78 is 52.1. The number of benzene rings is 2. The van der Waals surface area contributed by atoms with Gasteiger partial charge in [-0.2, -0.15) is 5.10 Å². The van der Waals surface area contributed by atoms with Gasteiger partial charge in [0.2, 0.25) is 0 Å². The van der Waals surface area contributed by atoms with Crippen molar-refractivity contribution in [3.63, 3.8) is 0 Å². The number of rotatable bonds is 10. The first-order chi connectivity index (χ1) is 19.4. The summed E-state index contributed by atoms with van der Waals surface area (Å²) in [6, 6.07) is 8.88. The number of piperidine rings is 1. The molecule has 1 saturated carbocycles. The second-order valence-corrected chi connectivity index (χ2v) is 11.7. The smallest absolute Gasteiger partial charge is 0.270 e. The standard InChI is InChI=1S/C27H32N6O6S/c1-36-22-12-18-21(13-20(22)29-25-14-19(30-31-25)16-4-5-16)39-32-27(18)33-40(34,35)26-23(37-2)10-17(11-24(26)38-3)15-6-8-28-9-7-15/h10-16,28H,4-9H2,1-3H3,(H,32,33)(H2,29,30,31). The number of ether oxygens (including phenoxy) is 3. The fraction of sp³-hybridized carbons (Fsp3) is 0.407. The predicted octanol–water partition coefficient (Wildman–Crippen LogP) is 4.47. The summed E-state index contributed by atoms with van der Waals surface area (Å²) in [7, 11) is 0.225. The molecule has 6 rings (SSSR count). The molecule has 0 unspecified atom stereocenters. The molecule has 1 aliphatic heterocycles. The third-order valence-corrected chi connectivity index (χ3v) is 8.86. The van der Waals surface area contributed by atoms with Gasteiger partial charge in [0.15, 0.2) is 22.1 Å². The molecule has 0 amide bonds. The lowest BCUT2D eigenvalue weighted by atomic mass is 9.90. The van der Waals surface area contributed by atoms with Crippen LogP contribution in [0.2, 0.25) is 0 Å². The molecule has 0 bridgehead atoms. The van der Waals surface area contributed by atoms with Crippen LogP contribution in [0, 0.1) is 0 Å². The molecule has 2 fully saturated rings. The summed E-state index contributed by atoms with van der Waals surface area (Å²) in [5.74, 6) is 2.34. The van der Waals surface area contributed by atoms with Gasteiger partial charge in [0.25, 0.3) is 10.0 Å². The monoisotopic (exact) mass is 568 g/mol. The predicted molar refractivity (Wildman–Crippen MR) is 150 cm³/mol. The van der Waals surface area contributed by atoms with Crippen molar-refractivity contribution < 1.29 is 27.2 Å². The van der Waals surface area contributed by atoms with Crippen molar-refractivity contribution in [2.75, 3.05) is 44.5 Å². The van der Waals surface area contributed by atoms with Crippen LogP contribution in [0.3, 0.4) is 0 Å². The number of H-pyrrole nitrogens is 1. The minimum Gasteiger partial charge on any atom is -0.495 e. The Kier molecular flexibility index (Phi) is 6.92. The molecule has 1 aliphatic carbocycles. The minimum absolute atomic E-state index is 0.0159. The highest BCUT2D eigenvalue weighted by molar-refractivity contribution is 7.93. The van der Waals surface area contributed by atoms with E-state index in [1.54, 1.807) is 24.3 Å². The minimum atomic E-state index is -4.19. The second-order valence-electron chi connectivity index (χ2n) is 10.1. The Morgan fingerprint density at radius 1 is 0.900 bits per heavy atom. The molecule has 0 radical (unpaired) electrons. The first-order valence-electron chi connectivity index (χ1n) is 13.2. The first-order valence-corrected chi connectivity index (χ1v) is 14.7. The van der Waals surface area contributed by atoms with Gasteiger partial charge in [-0.15, -0.1) is 0 Å². The molecule has 4 aromatic rings. The second kappa shape index (κ2) is 10.5. The molecule has 2 aromatic heterocycles. The van der Waals surface area contributed by atoms with Gasteiger partial charge < -0.3 is 29.4 Å². The van der Waals surface area contributed by atoms with Crippen LogP contribution in [0.4, 0.5) is 17.3 Å². The van der Waals surface area contributed by atoms with Crippen molar-refractivity contribution in [3.05, 3.63) is 41.6 Å². The molecule has 1 saturated heterocycles. The Morgan fingerprint density at radius 3 is 2.25 bits per heavy atom. The van der Waals surface area contributed by atoms with Crippen LogP contribution in [-0.2, 0) is 10.0 Å². The van der Waals surface area contributed by atoms with E-state index in [-0.39, 0.29) is 28.1 Å². The van der Waals surface area contributed by atoms with Crippen molar-refractivity contribution >= 4 is 38.3 Å². The quantitative estimate of drug-likeness (QED) is 0.216. The molecule has 4 N–H and O–H groups in total. The van der Waals surface area contributed by atoms with E-state index in [0.717, 1.165) is 50.0 Å². The Labute approximate surface area is 231 Å². The zero-order chi connectivity index (χ0) is 27.9. The molecule has 40 heavy (non-hydrogen) atoms. The number of aromatic amines is 1. The molecule has 2 aromatic carbocycles. The lowest BCUT2D eigenvalue weighted by molar-refractivity contribution is 0.369. The number of aromatic nitrogens is 3. The highest BCUT2D eigenvalue weighted by Gasteiger charge is 2.30. The average molecular weight is 569 g/mol. The molecule has 0 spiro atoms. The lowest BCUT2D eigenvalue weighted by Gasteiger charge is -2.24. The summed E-state index contributed by atoms with van der Waals surface area (Å²) >= 11 is 0. The van der Waals surface area contributed by atoms with Crippen LogP contribution >= 0.6 is 0 Å². The zero-order valence-electron chi connectivity index (χ0n) is 22.5. The number of sulfonamides is 1. The summed E-state index contributed by atoms with van der Waals surface area (Å²) in [5, 5.41) is 18.4. The van der Waals surface area contributed by atoms with Crippen LogP contribution < -0.4 is 29.6 Å². The van der Waals surface area contributed by atoms with Crippen LogP contribution in [0.1, 0.15) is 48.8 Å². The Hall–Kier alpha value is -3.97. The molecule has 212 valence electrons. The van der Waals surface area contributed by atoms with Crippen molar-refractivity contribution in [3.8, 4) is 17.2 Å². The number of anilines is 3. The van der Waals surface area contributed by atoms with Gasteiger partial charge in [0.05, 0.1) is 32.4 Å². The van der Waals surface area contributed by atoms with Crippen LogP contribution in [0.15, 0.2) is 39.8 Å². The largest absolute Gasteiger partial charge is 0.495 e. The van der Waals surface area contributed by atoms with Crippen molar-refractivity contribution in [1.29, 1.82) is 0 Å². The van der Waals surface area contributed by atoms with E-state index in [2.05, 4.69) is 30.7 Å². The SMILES string of the molecule is COc1cc2c(NS(=O)(=O)c3c(OC)cc(C4CCNCC4)cc3OC)noc2cc1Nc1cc(C2CC2)[nH]n1.